The van der Waals surface area contributed by atoms with Gasteiger partial charge in [-0.3, -0.25) is 14.6 Å². The minimum Gasteiger partial charge on any atom is -0.478 e. The van der Waals surface area contributed by atoms with E-state index in [9.17, 15) is 9.59 Å². The number of hydrogen-bond donors (Lipinski definition) is 2. The van der Waals surface area contributed by atoms with Crippen molar-refractivity contribution in [3.63, 3.8) is 0 Å². The third-order valence-corrected chi connectivity index (χ3v) is 4.06. The number of para-hydroxylation sites is 2. The van der Waals surface area contributed by atoms with Gasteiger partial charge in [0.15, 0.2) is 11.9 Å². The number of hydrogen-bond acceptors (Lipinski definition) is 4. The summed E-state index contributed by atoms with van der Waals surface area (Å²) < 4.78 is 5.63. The molecule has 6 heteroatoms. The average molecular weight is 333 g/mol. The maximum Gasteiger partial charge on any atom is 0.265 e. The predicted molar refractivity (Wildman–Crippen MR) is 94.9 cm³/mol. The van der Waals surface area contributed by atoms with Crippen molar-refractivity contribution >= 4 is 34.1 Å². The lowest BCUT2D eigenvalue weighted by Crippen LogP contribution is -2.35. The fourth-order valence-electron chi connectivity index (χ4n) is 2.80. The Morgan fingerprint density at radius 1 is 1.16 bits per heavy atom. The Kier molecular flexibility index (Phi) is 3.57. The van der Waals surface area contributed by atoms with Crippen LogP contribution < -0.4 is 15.4 Å². The van der Waals surface area contributed by atoms with E-state index in [0.29, 0.717) is 28.2 Å². The Morgan fingerprint density at radius 2 is 1.96 bits per heavy atom. The van der Waals surface area contributed by atoms with Crippen LogP contribution in [0.3, 0.4) is 0 Å². The van der Waals surface area contributed by atoms with E-state index in [1.165, 1.54) is 0 Å². The summed E-state index contributed by atoms with van der Waals surface area (Å²) in [4.78, 5) is 28.9. The van der Waals surface area contributed by atoms with Gasteiger partial charge < -0.3 is 15.4 Å². The highest BCUT2D eigenvalue weighted by Crippen LogP contribution is 2.34. The highest BCUT2D eigenvalue weighted by atomic mass is 16.5. The number of benzene rings is 2. The number of fused-ring (bicyclic) bond motifs is 2. The van der Waals surface area contributed by atoms with Crippen LogP contribution in [0.15, 0.2) is 54.7 Å². The first-order chi connectivity index (χ1) is 12.1. The molecule has 0 bridgehead atoms. The topological polar surface area (TPSA) is 80.3 Å². The molecule has 0 aliphatic carbocycles. The molecule has 1 aliphatic heterocycles. The Balaban J connectivity index is 1.71. The molecule has 124 valence electrons. The molecule has 1 aliphatic rings. The van der Waals surface area contributed by atoms with Crippen LogP contribution in [-0.2, 0) is 4.79 Å². The number of nitrogens with one attached hydrogen (secondary N) is 2. The van der Waals surface area contributed by atoms with Gasteiger partial charge in [0.25, 0.3) is 11.8 Å². The van der Waals surface area contributed by atoms with Gasteiger partial charge in [0, 0.05) is 11.6 Å². The molecule has 1 unspecified atom stereocenters. The molecule has 0 saturated carbocycles. The second-order valence-corrected chi connectivity index (χ2v) is 5.77. The van der Waals surface area contributed by atoms with Crippen molar-refractivity contribution in [3.05, 3.63) is 60.3 Å². The molecule has 25 heavy (non-hydrogen) atoms. The molecule has 0 saturated heterocycles. The van der Waals surface area contributed by atoms with Crippen LogP contribution in [0.4, 0.5) is 11.4 Å². The van der Waals surface area contributed by atoms with Gasteiger partial charge in [0.2, 0.25) is 0 Å². The summed E-state index contributed by atoms with van der Waals surface area (Å²) in [6, 6.07) is 14.4. The van der Waals surface area contributed by atoms with Crippen molar-refractivity contribution in [1.29, 1.82) is 0 Å². The summed E-state index contributed by atoms with van der Waals surface area (Å²) in [7, 11) is 0. The van der Waals surface area contributed by atoms with Gasteiger partial charge in [-0.05, 0) is 31.2 Å². The molecule has 2 amide bonds. The highest BCUT2D eigenvalue weighted by Gasteiger charge is 2.27. The number of pyridine rings is 1. The molecule has 3 aromatic rings. The summed E-state index contributed by atoms with van der Waals surface area (Å²) in [5.74, 6) is -0.179. The molecule has 0 spiro atoms. The first-order valence-electron chi connectivity index (χ1n) is 7.89. The van der Waals surface area contributed by atoms with E-state index in [4.69, 9.17) is 4.74 Å². The molecule has 1 atom stereocenters. The number of ether oxygens (including phenoxy) is 1. The first kappa shape index (κ1) is 15.1. The van der Waals surface area contributed by atoms with Crippen molar-refractivity contribution in [3.8, 4) is 5.75 Å². The van der Waals surface area contributed by atoms with Crippen molar-refractivity contribution in [1.82, 2.24) is 4.98 Å². The number of carbonyl (C=O) groups is 2. The van der Waals surface area contributed by atoms with Crippen molar-refractivity contribution in [2.75, 3.05) is 10.6 Å². The zero-order chi connectivity index (χ0) is 17.4. The highest BCUT2D eigenvalue weighted by molar-refractivity contribution is 6.11. The van der Waals surface area contributed by atoms with E-state index in [2.05, 4.69) is 15.6 Å². The molecule has 0 radical (unpaired) electrons. The van der Waals surface area contributed by atoms with Crippen LogP contribution in [0.25, 0.3) is 10.9 Å². The largest absolute Gasteiger partial charge is 0.478 e. The number of carbonyl (C=O) groups excluding carboxylic acids is 2. The number of aromatic nitrogens is 1. The molecule has 2 heterocycles. The predicted octanol–water partition coefficient (Wildman–Crippen LogP) is 3.21. The van der Waals surface area contributed by atoms with E-state index in [1.54, 1.807) is 37.4 Å². The van der Waals surface area contributed by atoms with E-state index in [1.807, 2.05) is 24.3 Å². The lowest BCUT2D eigenvalue weighted by molar-refractivity contribution is -0.122. The molecule has 1 aromatic heterocycles. The minimum atomic E-state index is -0.652. The average Bonchev–Trinajstić information content (AvgIpc) is 2.62. The Labute approximate surface area is 143 Å². The molecular weight excluding hydrogens is 318 g/mol. The molecule has 4 rings (SSSR count). The van der Waals surface area contributed by atoms with Gasteiger partial charge >= 0.3 is 0 Å². The summed E-state index contributed by atoms with van der Waals surface area (Å²) in [5.41, 5.74) is 2.18. The molecule has 2 N–H and O–H groups in total. The van der Waals surface area contributed by atoms with E-state index in [-0.39, 0.29) is 11.8 Å². The van der Waals surface area contributed by atoms with Crippen molar-refractivity contribution in [2.45, 2.75) is 13.0 Å². The van der Waals surface area contributed by atoms with Gasteiger partial charge in [-0.2, -0.15) is 0 Å². The van der Waals surface area contributed by atoms with E-state index in [0.717, 1.165) is 5.39 Å². The third kappa shape index (κ3) is 2.67. The monoisotopic (exact) mass is 333 g/mol. The van der Waals surface area contributed by atoms with Crippen molar-refractivity contribution < 1.29 is 14.3 Å². The zero-order valence-electron chi connectivity index (χ0n) is 13.4. The third-order valence-electron chi connectivity index (χ3n) is 4.06. The lowest BCUT2D eigenvalue weighted by atomic mass is 10.1. The molecular formula is C19H15N3O3. The lowest BCUT2D eigenvalue weighted by Gasteiger charge is -2.25. The van der Waals surface area contributed by atoms with Gasteiger partial charge in [0.1, 0.15) is 0 Å². The van der Waals surface area contributed by atoms with Crippen LogP contribution in [0.5, 0.6) is 5.75 Å². The van der Waals surface area contributed by atoms with Gasteiger partial charge in [-0.25, -0.2) is 0 Å². The van der Waals surface area contributed by atoms with Crippen LogP contribution in [0, 0.1) is 0 Å². The second-order valence-electron chi connectivity index (χ2n) is 5.77. The minimum absolute atomic E-state index is 0.233. The Morgan fingerprint density at radius 3 is 2.84 bits per heavy atom. The zero-order valence-corrected chi connectivity index (χ0v) is 13.4. The fourth-order valence-corrected chi connectivity index (χ4v) is 2.80. The first-order valence-corrected chi connectivity index (χ1v) is 7.89. The fraction of sp³-hybridized carbons (Fsp3) is 0.105. The van der Waals surface area contributed by atoms with Crippen LogP contribution in [0.2, 0.25) is 0 Å². The van der Waals surface area contributed by atoms with Crippen LogP contribution in [-0.4, -0.2) is 22.9 Å². The second kappa shape index (κ2) is 5.90. The summed E-state index contributed by atoms with van der Waals surface area (Å²) in [6.07, 6.45) is 1.03. The molecule has 0 fully saturated rings. The van der Waals surface area contributed by atoms with E-state index < -0.39 is 6.10 Å². The Bertz CT molecular complexity index is 995. The van der Waals surface area contributed by atoms with Crippen LogP contribution in [0.1, 0.15) is 17.3 Å². The Hall–Kier alpha value is -3.41. The summed E-state index contributed by atoms with van der Waals surface area (Å²) in [6.45, 7) is 1.64. The summed E-state index contributed by atoms with van der Waals surface area (Å²) in [5, 5.41) is 6.56. The van der Waals surface area contributed by atoms with Crippen molar-refractivity contribution in [2.24, 2.45) is 0 Å². The van der Waals surface area contributed by atoms with Gasteiger partial charge in [-0.15, -0.1) is 0 Å². The number of nitrogens with zero attached hydrogens (tertiary/aromatic N) is 1. The SMILES string of the molecule is CC1Oc2c(cccc2C(=O)Nc2cccc3cccnc23)NC1=O. The summed E-state index contributed by atoms with van der Waals surface area (Å²) >= 11 is 0. The molecule has 2 aromatic carbocycles. The number of anilines is 2. The van der Waals surface area contributed by atoms with E-state index >= 15 is 0 Å². The standard InChI is InChI=1S/C19H15N3O3/c1-11-18(23)22-15-9-3-7-13(17(15)25-11)19(24)21-14-8-2-5-12-6-4-10-20-16(12)14/h2-11H,1H3,(H,21,24)(H,22,23). The van der Waals surface area contributed by atoms with Gasteiger partial charge in [0.05, 0.1) is 22.5 Å². The van der Waals surface area contributed by atoms with Crippen LogP contribution >= 0.6 is 0 Å². The number of amides is 2. The van der Waals surface area contributed by atoms with Gasteiger partial charge in [-0.1, -0.05) is 24.3 Å². The number of rotatable bonds is 2. The quantitative estimate of drug-likeness (QED) is 0.755. The smallest absolute Gasteiger partial charge is 0.265 e. The maximum absolute atomic E-state index is 12.8. The maximum atomic E-state index is 12.8. The normalized spacial score (nSPS) is 15.9. The molecule has 6 nitrogen and oxygen atoms in total.